The van der Waals surface area contributed by atoms with Gasteiger partial charge in [-0.1, -0.05) is 12.1 Å². The summed E-state index contributed by atoms with van der Waals surface area (Å²) in [6.07, 6.45) is 3.15. The van der Waals surface area contributed by atoms with E-state index in [-0.39, 0.29) is 37.0 Å². The number of methoxy groups -OCH3 is 1. The van der Waals surface area contributed by atoms with Crippen molar-refractivity contribution < 1.29 is 27.1 Å². The predicted octanol–water partition coefficient (Wildman–Crippen LogP) is 2.76. The maximum absolute atomic E-state index is 13.6. The minimum absolute atomic E-state index is 0.0290. The zero-order chi connectivity index (χ0) is 24.9. The van der Waals surface area contributed by atoms with E-state index >= 15 is 0 Å². The van der Waals surface area contributed by atoms with Crippen molar-refractivity contribution in [2.45, 2.75) is 69.2 Å². The normalized spacial score (nSPS) is 27.5. The molecule has 1 N–H and O–H groups in total. The number of ether oxygens (including phenoxy) is 2. The van der Waals surface area contributed by atoms with Crippen LogP contribution in [-0.2, 0) is 19.7 Å². The van der Waals surface area contributed by atoms with Crippen LogP contribution >= 0.6 is 0 Å². The molecule has 3 atom stereocenters. The van der Waals surface area contributed by atoms with E-state index in [4.69, 9.17) is 14.7 Å². The fourth-order valence-electron chi connectivity index (χ4n) is 4.93. The van der Waals surface area contributed by atoms with E-state index in [1.54, 1.807) is 12.1 Å². The Balaban J connectivity index is 1.64. The van der Waals surface area contributed by atoms with E-state index in [1.165, 1.54) is 25.1 Å². The van der Waals surface area contributed by atoms with Crippen LogP contribution in [0.4, 0.5) is 9.18 Å². The summed E-state index contributed by atoms with van der Waals surface area (Å²) < 4.78 is 53.5. The molecule has 3 rings (SSSR count). The molecule has 0 aromatic heterocycles. The standard InChI is InChI=1S/C23H33FN4O5S/c1-16-13-21(26-34(30,31)27(2)12-11-25)22(28(16)23(29)32-3)15-33-20-9-7-17(8-10-20)18-5-4-6-19(24)14-18/h4-6,14,16-17,20-22,26H,7-10,12-13,15H2,1-3H3/t16?,17?,20?,21-,22-/m0/s1. The van der Waals surface area contributed by atoms with Crippen LogP contribution in [0, 0.1) is 17.1 Å². The zero-order valence-electron chi connectivity index (χ0n) is 19.8. The molecule has 1 amide bonds. The van der Waals surface area contributed by atoms with Crippen molar-refractivity contribution in [3.05, 3.63) is 35.6 Å². The molecule has 1 heterocycles. The zero-order valence-corrected chi connectivity index (χ0v) is 20.6. The molecule has 188 valence electrons. The lowest BCUT2D eigenvalue weighted by molar-refractivity contribution is -0.00866. The van der Waals surface area contributed by atoms with E-state index in [0.717, 1.165) is 35.6 Å². The first-order valence-electron chi connectivity index (χ1n) is 11.5. The summed E-state index contributed by atoms with van der Waals surface area (Å²) in [5.41, 5.74) is 0.996. The highest BCUT2D eigenvalue weighted by Crippen LogP contribution is 2.35. The first-order valence-corrected chi connectivity index (χ1v) is 12.9. The third kappa shape index (κ3) is 6.24. The van der Waals surface area contributed by atoms with Gasteiger partial charge in [0.05, 0.1) is 31.9 Å². The largest absolute Gasteiger partial charge is 0.453 e. The summed E-state index contributed by atoms with van der Waals surface area (Å²) in [5, 5.41) is 8.84. The number of carbonyl (C=O) groups excluding carboxylic acids is 1. The SMILES string of the molecule is COC(=O)N1C(C)C[C@H](NS(=O)(=O)N(C)CC#N)[C@@H]1COC1CCC(c2cccc(F)c2)CC1. The molecule has 2 fully saturated rings. The van der Waals surface area contributed by atoms with E-state index in [1.807, 2.05) is 19.1 Å². The summed E-state index contributed by atoms with van der Waals surface area (Å²) in [6, 6.07) is 7.14. The number of nitrogens with zero attached hydrogens (tertiary/aromatic N) is 3. The van der Waals surface area contributed by atoms with Gasteiger partial charge in [-0.2, -0.15) is 22.7 Å². The van der Waals surface area contributed by atoms with Gasteiger partial charge >= 0.3 is 6.09 Å². The topological polar surface area (TPSA) is 112 Å². The van der Waals surface area contributed by atoms with Gasteiger partial charge in [0, 0.05) is 19.1 Å². The average molecular weight is 497 g/mol. The van der Waals surface area contributed by atoms with Crippen LogP contribution in [0.15, 0.2) is 24.3 Å². The molecule has 1 aliphatic heterocycles. The second-order valence-corrected chi connectivity index (χ2v) is 10.8. The molecule has 1 aromatic carbocycles. The summed E-state index contributed by atoms with van der Waals surface area (Å²) in [6.45, 7) is 1.71. The molecule has 0 radical (unpaired) electrons. The highest BCUT2D eigenvalue weighted by molar-refractivity contribution is 7.87. The van der Waals surface area contributed by atoms with Gasteiger partial charge in [-0.05, 0) is 62.6 Å². The van der Waals surface area contributed by atoms with Gasteiger partial charge in [0.1, 0.15) is 12.4 Å². The molecule has 34 heavy (non-hydrogen) atoms. The molecule has 1 saturated heterocycles. The highest BCUT2D eigenvalue weighted by Gasteiger charge is 2.45. The van der Waals surface area contributed by atoms with Crippen molar-refractivity contribution in [2.75, 3.05) is 27.3 Å². The summed E-state index contributed by atoms with van der Waals surface area (Å²) in [4.78, 5) is 14.0. The molecule has 9 nitrogen and oxygen atoms in total. The van der Waals surface area contributed by atoms with Crippen LogP contribution in [0.25, 0.3) is 0 Å². The van der Waals surface area contributed by atoms with Gasteiger partial charge in [0.15, 0.2) is 0 Å². The van der Waals surface area contributed by atoms with Crippen LogP contribution < -0.4 is 4.72 Å². The number of halogens is 1. The number of amides is 1. The molecule has 1 unspecified atom stereocenters. The Bertz CT molecular complexity index is 993. The second kappa shape index (κ2) is 11.4. The van der Waals surface area contributed by atoms with Crippen LogP contribution in [0.2, 0.25) is 0 Å². The molecular weight excluding hydrogens is 463 g/mol. The van der Waals surface area contributed by atoms with Crippen LogP contribution in [-0.4, -0.2) is 75.3 Å². The first-order chi connectivity index (χ1) is 16.2. The fourth-order valence-corrected chi connectivity index (χ4v) is 5.97. The fraction of sp³-hybridized carbons (Fsp3) is 0.652. The quantitative estimate of drug-likeness (QED) is 0.554. The Hall–Kier alpha value is -2.26. The van der Waals surface area contributed by atoms with Crippen LogP contribution in [0.1, 0.15) is 50.5 Å². The first kappa shape index (κ1) is 26.3. The number of rotatable bonds is 8. The lowest BCUT2D eigenvalue weighted by atomic mass is 9.82. The summed E-state index contributed by atoms with van der Waals surface area (Å²) in [7, 11) is -1.29. The van der Waals surface area contributed by atoms with Gasteiger partial charge in [0.25, 0.3) is 10.2 Å². The Kier molecular flexibility index (Phi) is 8.87. The number of hydrogen-bond donors (Lipinski definition) is 1. The van der Waals surface area contributed by atoms with Crippen molar-refractivity contribution in [2.24, 2.45) is 0 Å². The maximum atomic E-state index is 13.6. The van der Waals surface area contributed by atoms with E-state index in [0.29, 0.717) is 6.42 Å². The number of carbonyl (C=O) groups is 1. The Morgan fingerprint density at radius 1 is 1.32 bits per heavy atom. The minimum Gasteiger partial charge on any atom is -0.453 e. The predicted molar refractivity (Wildman–Crippen MR) is 124 cm³/mol. The lowest BCUT2D eigenvalue weighted by Crippen LogP contribution is -2.52. The molecule has 0 bridgehead atoms. The number of nitriles is 1. The smallest absolute Gasteiger partial charge is 0.410 e. The van der Waals surface area contributed by atoms with Crippen LogP contribution in [0.5, 0.6) is 0 Å². The number of likely N-dealkylation sites (tertiary alicyclic amines) is 1. The van der Waals surface area contributed by atoms with Crippen molar-refractivity contribution in [3.8, 4) is 6.07 Å². The maximum Gasteiger partial charge on any atom is 0.410 e. The second-order valence-electron chi connectivity index (χ2n) is 9.03. The van der Waals surface area contributed by atoms with Gasteiger partial charge < -0.3 is 9.47 Å². The lowest BCUT2D eigenvalue weighted by Gasteiger charge is -2.33. The Morgan fingerprint density at radius 3 is 2.65 bits per heavy atom. The van der Waals surface area contributed by atoms with Crippen LogP contribution in [0.3, 0.4) is 0 Å². The van der Waals surface area contributed by atoms with Crippen molar-refractivity contribution in [1.29, 1.82) is 5.26 Å². The van der Waals surface area contributed by atoms with Crippen molar-refractivity contribution >= 4 is 16.3 Å². The van der Waals surface area contributed by atoms with Gasteiger partial charge in [-0.3, -0.25) is 4.90 Å². The van der Waals surface area contributed by atoms with E-state index in [9.17, 15) is 17.6 Å². The van der Waals surface area contributed by atoms with E-state index < -0.39 is 28.4 Å². The monoisotopic (exact) mass is 496 g/mol. The van der Waals surface area contributed by atoms with Gasteiger partial charge in [-0.15, -0.1) is 0 Å². The summed E-state index contributed by atoms with van der Waals surface area (Å²) in [5.74, 6) is 0.0480. The molecule has 2 aliphatic rings. The van der Waals surface area contributed by atoms with Crippen molar-refractivity contribution in [3.63, 3.8) is 0 Å². The number of hydrogen-bond acceptors (Lipinski definition) is 6. The van der Waals surface area contributed by atoms with E-state index in [2.05, 4.69) is 4.72 Å². The minimum atomic E-state index is -3.91. The highest BCUT2D eigenvalue weighted by atomic mass is 32.2. The van der Waals surface area contributed by atoms with Gasteiger partial charge in [-0.25, -0.2) is 9.18 Å². The Morgan fingerprint density at radius 2 is 2.03 bits per heavy atom. The number of nitrogens with one attached hydrogen (secondary N) is 1. The average Bonchev–Trinajstić information content (AvgIpc) is 3.11. The molecule has 11 heteroatoms. The number of benzene rings is 1. The van der Waals surface area contributed by atoms with Crippen molar-refractivity contribution in [1.82, 2.24) is 13.9 Å². The third-order valence-corrected chi connectivity index (χ3v) is 8.33. The summed E-state index contributed by atoms with van der Waals surface area (Å²) >= 11 is 0. The molecule has 0 spiro atoms. The van der Waals surface area contributed by atoms with Gasteiger partial charge in [0.2, 0.25) is 0 Å². The molecule has 1 aromatic rings. The molecule has 1 saturated carbocycles. The Labute approximate surface area is 201 Å². The molecule has 1 aliphatic carbocycles. The molecular formula is C23H33FN4O5S. The third-order valence-electron chi connectivity index (χ3n) is 6.78.